The third-order valence-corrected chi connectivity index (χ3v) is 3.51. The van der Waals surface area contributed by atoms with Gasteiger partial charge in [0.25, 0.3) is 0 Å². The van der Waals surface area contributed by atoms with E-state index < -0.39 is 11.9 Å². The van der Waals surface area contributed by atoms with Crippen molar-refractivity contribution in [1.82, 2.24) is 16.2 Å². The Balaban J connectivity index is -0.0000000390. The van der Waals surface area contributed by atoms with Crippen molar-refractivity contribution in [2.75, 3.05) is 55.0 Å². The highest BCUT2D eigenvalue weighted by atomic mass is 33.1. The number of hydrogen-bond acceptors (Lipinski definition) is 12. The van der Waals surface area contributed by atoms with Crippen LogP contribution in [0.1, 0.15) is 82.1 Å². The van der Waals surface area contributed by atoms with Crippen LogP contribution in [0, 0.1) is 0 Å². The van der Waals surface area contributed by atoms with Gasteiger partial charge in [-0.1, -0.05) is 60.4 Å². The zero-order valence-electron chi connectivity index (χ0n) is 28.7. The van der Waals surface area contributed by atoms with Gasteiger partial charge in [-0.05, 0) is 54.3 Å². The lowest BCUT2D eigenvalue weighted by molar-refractivity contribution is -0.156. The van der Waals surface area contributed by atoms with Gasteiger partial charge in [0.2, 0.25) is 5.91 Å². The molecule has 40 heavy (non-hydrogen) atoms. The molecule has 0 aromatic heterocycles. The standard InChI is InChI=1S/C4H6O3.C4H10.C4H8.C3H7NO.C3H6O2.C3H6O.C2H8N2.C2H6O.C2H6S2/c1-3(5)7-4(2)6;2*1-3-4-2;1-3(5)4-2;1-3(4)5-2;1-3(2)4;1-3-4-2;1-3-2;1-3-4-2/h1-2H3;3-4H2,1-2H3;3-4H,1-2H3;1-2H3,(H,4,5);1-2H3;1-2H3;3-4H,1-2H3;1-2H3;1-2H3/b;;4-3+;;;;;;. The molecule has 246 valence electrons. The molecule has 0 aliphatic carbocycles. The Bertz CT molecular complexity index is 474. The average molecular weight is 622 g/mol. The van der Waals surface area contributed by atoms with Gasteiger partial charge < -0.3 is 24.3 Å². The number of ether oxygens (including phenoxy) is 3. The molecule has 0 rings (SSSR count). The molecule has 1 amide bonds. The second-order valence-electron chi connectivity index (χ2n) is 6.40. The van der Waals surface area contributed by atoms with E-state index in [2.05, 4.69) is 56.7 Å². The Morgan fingerprint density at radius 2 is 0.850 bits per heavy atom. The zero-order valence-corrected chi connectivity index (χ0v) is 30.3. The summed E-state index contributed by atoms with van der Waals surface area (Å²) in [4.78, 5) is 48.4. The summed E-state index contributed by atoms with van der Waals surface area (Å²) in [5, 5.41) is 2.39. The molecule has 0 fully saturated rings. The van der Waals surface area contributed by atoms with E-state index in [-0.39, 0.29) is 17.7 Å². The maximum atomic E-state index is 9.81. The number of hydrogen-bond donors (Lipinski definition) is 3. The van der Waals surface area contributed by atoms with E-state index in [0.717, 1.165) is 0 Å². The van der Waals surface area contributed by atoms with Crippen LogP contribution in [0.4, 0.5) is 0 Å². The number of hydrazine groups is 1. The number of ketones is 1. The Morgan fingerprint density at radius 1 is 0.650 bits per heavy atom. The van der Waals surface area contributed by atoms with Gasteiger partial charge in [-0.3, -0.25) is 30.0 Å². The molecule has 0 aromatic rings. The molecule has 0 saturated heterocycles. The number of Topliss-reactive ketones (excluding diaryl/α,β-unsaturated/α-hetero) is 1. The summed E-state index contributed by atoms with van der Waals surface area (Å²) in [7, 11) is 13.4. The maximum absolute atomic E-state index is 9.81. The maximum Gasteiger partial charge on any atom is 0.310 e. The molecule has 13 heteroatoms. The van der Waals surface area contributed by atoms with Crippen LogP contribution >= 0.6 is 21.6 Å². The fraction of sp³-hybridized carbons (Fsp3) is 0.741. The molecule has 0 saturated carbocycles. The fourth-order valence-electron chi connectivity index (χ4n) is 0.202. The lowest BCUT2D eigenvalue weighted by Gasteiger charge is -1.87. The van der Waals surface area contributed by atoms with E-state index in [0.29, 0.717) is 0 Å². The van der Waals surface area contributed by atoms with Crippen molar-refractivity contribution in [3.63, 3.8) is 0 Å². The first kappa shape index (κ1) is 61.9. The molecule has 0 aliphatic heterocycles. The number of carbonyl (C=O) groups is 5. The predicted molar refractivity (Wildman–Crippen MR) is 175 cm³/mol. The van der Waals surface area contributed by atoms with Crippen LogP contribution in [0.5, 0.6) is 0 Å². The number of nitrogens with one attached hydrogen (secondary N) is 3. The van der Waals surface area contributed by atoms with Crippen molar-refractivity contribution in [2.45, 2.75) is 82.1 Å². The van der Waals surface area contributed by atoms with Crippen molar-refractivity contribution < 1.29 is 38.2 Å². The number of esters is 3. The largest absolute Gasteiger partial charge is 0.469 e. The lowest BCUT2D eigenvalue weighted by Crippen LogP contribution is -2.21. The van der Waals surface area contributed by atoms with E-state index >= 15 is 0 Å². The molecule has 0 unspecified atom stereocenters. The Kier molecular flexibility index (Phi) is 119. The van der Waals surface area contributed by atoms with E-state index in [1.807, 2.05) is 40.1 Å². The monoisotopic (exact) mass is 621 g/mol. The van der Waals surface area contributed by atoms with Crippen LogP contribution in [0.3, 0.4) is 0 Å². The van der Waals surface area contributed by atoms with Crippen LogP contribution in [0.15, 0.2) is 12.2 Å². The van der Waals surface area contributed by atoms with Crippen molar-refractivity contribution in [3.05, 3.63) is 12.2 Å². The van der Waals surface area contributed by atoms with Gasteiger partial charge in [0, 0.05) is 49.0 Å². The van der Waals surface area contributed by atoms with E-state index in [1.165, 1.54) is 61.5 Å². The number of amides is 1. The van der Waals surface area contributed by atoms with Crippen molar-refractivity contribution in [3.8, 4) is 0 Å². The summed E-state index contributed by atoms with van der Waals surface area (Å²) < 4.78 is 12.3. The third-order valence-electron chi connectivity index (χ3n) is 2.18. The highest BCUT2D eigenvalue weighted by Gasteiger charge is 1.93. The van der Waals surface area contributed by atoms with Gasteiger partial charge in [-0.25, -0.2) is 0 Å². The van der Waals surface area contributed by atoms with E-state index in [4.69, 9.17) is 0 Å². The van der Waals surface area contributed by atoms with Crippen LogP contribution in [0.2, 0.25) is 0 Å². The third kappa shape index (κ3) is 437. The van der Waals surface area contributed by atoms with E-state index in [9.17, 15) is 24.0 Å². The predicted octanol–water partition coefficient (Wildman–Crippen LogP) is 5.24. The zero-order chi connectivity index (χ0) is 34.4. The summed E-state index contributed by atoms with van der Waals surface area (Å²) in [5.74, 6) is -1.20. The Labute approximate surface area is 254 Å². The van der Waals surface area contributed by atoms with Gasteiger partial charge in [0.05, 0.1) is 7.11 Å². The SMILES string of the molecule is C/C=C/C.CC(=O)OC(C)=O.CC(C)=O.CCCC.CNC(C)=O.CNNC.COC.COC(C)=O.CSSC. The molecule has 0 heterocycles. The van der Waals surface area contributed by atoms with Crippen LogP contribution in [0.25, 0.3) is 0 Å². The Morgan fingerprint density at radius 3 is 0.850 bits per heavy atom. The van der Waals surface area contributed by atoms with E-state index in [1.54, 1.807) is 42.9 Å². The van der Waals surface area contributed by atoms with Crippen LogP contribution < -0.4 is 16.2 Å². The second-order valence-corrected chi connectivity index (χ2v) is 9.07. The molecule has 0 radical (unpaired) electrons. The molecular formula is C27H63N3O8S2. The second kappa shape index (κ2) is 76.7. The number of unbranched alkanes of at least 4 members (excludes halogenated alkanes) is 1. The smallest absolute Gasteiger partial charge is 0.310 e. The first-order valence-corrected chi connectivity index (χ1v) is 15.2. The minimum Gasteiger partial charge on any atom is -0.469 e. The van der Waals surface area contributed by atoms with Crippen molar-refractivity contribution in [2.24, 2.45) is 0 Å². The molecule has 0 atom stereocenters. The topological polar surface area (TPSA) is 149 Å². The molecule has 0 spiro atoms. The summed E-state index contributed by atoms with van der Waals surface area (Å²) in [6.07, 6.45) is 10.8. The summed E-state index contributed by atoms with van der Waals surface area (Å²) in [6.45, 7) is 16.6. The van der Waals surface area contributed by atoms with Crippen LogP contribution in [-0.2, 0) is 38.2 Å². The highest BCUT2D eigenvalue weighted by Crippen LogP contribution is 2.09. The van der Waals surface area contributed by atoms with Gasteiger partial charge >= 0.3 is 17.9 Å². The Hall–Kier alpha value is -1.93. The molecule has 0 aromatic carbocycles. The number of carbonyl (C=O) groups excluding carboxylic acids is 5. The molecule has 3 N–H and O–H groups in total. The molecule has 11 nitrogen and oxygen atoms in total. The minimum atomic E-state index is -0.562. The first-order valence-electron chi connectivity index (χ1n) is 12.2. The van der Waals surface area contributed by atoms with Gasteiger partial charge in [-0.15, -0.1) is 0 Å². The van der Waals surface area contributed by atoms with Gasteiger partial charge in [-0.2, -0.15) is 0 Å². The summed E-state index contributed by atoms with van der Waals surface area (Å²) in [5.41, 5.74) is 5.36. The number of allylic oxidation sites excluding steroid dienone is 2. The summed E-state index contributed by atoms with van der Waals surface area (Å²) >= 11 is 0. The first-order chi connectivity index (χ1) is 18.5. The molecular weight excluding hydrogens is 558 g/mol. The fourth-order valence-corrected chi connectivity index (χ4v) is 0.202. The van der Waals surface area contributed by atoms with Crippen LogP contribution in [-0.4, -0.2) is 84.6 Å². The van der Waals surface area contributed by atoms with Gasteiger partial charge in [0.15, 0.2) is 0 Å². The quantitative estimate of drug-likeness (QED) is 0.124. The van der Waals surface area contributed by atoms with Gasteiger partial charge in [0.1, 0.15) is 5.78 Å². The number of methoxy groups -OCH3 is 2. The number of rotatable bonds is 3. The lowest BCUT2D eigenvalue weighted by atomic mass is 10.4. The minimum absolute atomic E-state index is 0.00463. The normalized spacial score (nSPS) is 7.35. The average Bonchev–Trinajstić information content (AvgIpc) is 2.89. The highest BCUT2D eigenvalue weighted by molar-refractivity contribution is 8.76. The van der Waals surface area contributed by atoms with Crippen molar-refractivity contribution in [1.29, 1.82) is 0 Å². The van der Waals surface area contributed by atoms with Crippen molar-refractivity contribution >= 4 is 51.2 Å². The molecule has 0 aliphatic rings. The molecule has 0 bridgehead atoms. The summed E-state index contributed by atoms with van der Waals surface area (Å²) in [6, 6.07) is 0.